The van der Waals surface area contributed by atoms with Gasteiger partial charge in [0, 0.05) is 19.7 Å². The molecular formula is C14H21N3O2. The standard InChI is InChI=1S/C14H21N3O2/c1-3-17(4-2)13-8-7-11(10-15-13)16-14(18)12-6-5-9-19-12/h7-8,10,12H,3-6,9H2,1-2H3,(H,16,18). The van der Waals surface area contributed by atoms with Gasteiger partial charge in [-0.05, 0) is 38.8 Å². The average molecular weight is 263 g/mol. The first-order valence-electron chi connectivity index (χ1n) is 6.88. The number of carbonyl (C=O) groups excluding carboxylic acids is 1. The smallest absolute Gasteiger partial charge is 0.253 e. The summed E-state index contributed by atoms with van der Waals surface area (Å²) in [4.78, 5) is 18.4. The summed E-state index contributed by atoms with van der Waals surface area (Å²) in [6.45, 7) is 6.71. The largest absolute Gasteiger partial charge is 0.368 e. The number of nitrogens with zero attached hydrogens (tertiary/aromatic N) is 2. The number of aromatic nitrogens is 1. The molecule has 0 spiro atoms. The Bertz CT molecular complexity index is 409. The highest BCUT2D eigenvalue weighted by Gasteiger charge is 2.23. The number of pyridine rings is 1. The lowest BCUT2D eigenvalue weighted by molar-refractivity contribution is -0.124. The minimum Gasteiger partial charge on any atom is -0.368 e. The predicted molar refractivity (Wildman–Crippen MR) is 75.4 cm³/mol. The van der Waals surface area contributed by atoms with Crippen molar-refractivity contribution in [1.82, 2.24) is 4.98 Å². The van der Waals surface area contributed by atoms with Crippen LogP contribution in [0.1, 0.15) is 26.7 Å². The first kappa shape index (κ1) is 13.8. The molecule has 0 saturated carbocycles. The lowest BCUT2D eigenvalue weighted by atomic mass is 10.2. The van der Waals surface area contributed by atoms with E-state index in [9.17, 15) is 4.79 Å². The third-order valence-electron chi connectivity index (χ3n) is 3.32. The van der Waals surface area contributed by atoms with Crippen LogP contribution in [0.2, 0.25) is 0 Å². The van der Waals surface area contributed by atoms with E-state index in [1.807, 2.05) is 12.1 Å². The third kappa shape index (κ3) is 3.44. The van der Waals surface area contributed by atoms with Crippen LogP contribution in [0.25, 0.3) is 0 Å². The molecule has 0 radical (unpaired) electrons. The molecule has 2 rings (SSSR count). The molecule has 19 heavy (non-hydrogen) atoms. The number of carbonyl (C=O) groups is 1. The Morgan fingerprint density at radius 1 is 1.47 bits per heavy atom. The maximum atomic E-state index is 11.9. The lowest BCUT2D eigenvalue weighted by Gasteiger charge is -2.19. The summed E-state index contributed by atoms with van der Waals surface area (Å²) in [6, 6.07) is 3.81. The summed E-state index contributed by atoms with van der Waals surface area (Å²) >= 11 is 0. The average Bonchev–Trinajstić information content (AvgIpc) is 2.96. The molecule has 1 saturated heterocycles. The van der Waals surface area contributed by atoms with Crippen LogP contribution in [0.15, 0.2) is 18.3 Å². The van der Waals surface area contributed by atoms with Crippen LogP contribution >= 0.6 is 0 Å². The van der Waals surface area contributed by atoms with Crippen LogP contribution in [0.5, 0.6) is 0 Å². The van der Waals surface area contributed by atoms with Gasteiger partial charge in [0.2, 0.25) is 0 Å². The van der Waals surface area contributed by atoms with E-state index >= 15 is 0 Å². The fraction of sp³-hybridized carbons (Fsp3) is 0.571. The molecule has 1 unspecified atom stereocenters. The molecule has 5 nitrogen and oxygen atoms in total. The molecule has 1 fully saturated rings. The Labute approximate surface area is 114 Å². The van der Waals surface area contributed by atoms with Crippen molar-refractivity contribution in [3.63, 3.8) is 0 Å². The summed E-state index contributed by atoms with van der Waals surface area (Å²) < 4.78 is 5.34. The SMILES string of the molecule is CCN(CC)c1ccc(NC(=O)C2CCCO2)cn1. The van der Waals surface area contributed by atoms with E-state index in [1.165, 1.54) is 0 Å². The van der Waals surface area contributed by atoms with Crippen LogP contribution in [0.4, 0.5) is 11.5 Å². The van der Waals surface area contributed by atoms with Crippen molar-refractivity contribution in [2.75, 3.05) is 29.9 Å². The Morgan fingerprint density at radius 3 is 2.79 bits per heavy atom. The topological polar surface area (TPSA) is 54.5 Å². The zero-order valence-electron chi connectivity index (χ0n) is 11.6. The number of rotatable bonds is 5. The monoisotopic (exact) mass is 263 g/mol. The highest BCUT2D eigenvalue weighted by molar-refractivity contribution is 5.94. The molecule has 1 N–H and O–H groups in total. The van der Waals surface area contributed by atoms with Crippen LogP contribution in [-0.4, -0.2) is 36.7 Å². The van der Waals surface area contributed by atoms with Gasteiger partial charge in [0.25, 0.3) is 5.91 Å². The fourth-order valence-electron chi connectivity index (χ4n) is 2.20. The van der Waals surface area contributed by atoms with Crippen molar-refractivity contribution in [1.29, 1.82) is 0 Å². The summed E-state index contributed by atoms with van der Waals surface area (Å²) in [6.07, 6.45) is 3.15. The van der Waals surface area contributed by atoms with E-state index in [0.717, 1.165) is 37.4 Å². The normalized spacial score (nSPS) is 18.3. The van der Waals surface area contributed by atoms with E-state index in [-0.39, 0.29) is 12.0 Å². The molecule has 1 aliphatic rings. The van der Waals surface area contributed by atoms with E-state index in [4.69, 9.17) is 4.74 Å². The van der Waals surface area contributed by atoms with Gasteiger partial charge in [-0.3, -0.25) is 4.79 Å². The minimum atomic E-state index is -0.303. The van der Waals surface area contributed by atoms with Crippen molar-refractivity contribution < 1.29 is 9.53 Å². The van der Waals surface area contributed by atoms with Crippen molar-refractivity contribution in [3.05, 3.63) is 18.3 Å². The summed E-state index contributed by atoms with van der Waals surface area (Å²) in [7, 11) is 0. The molecule has 5 heteroatoms. The van der Waals surface area contributed by atoms with Gasteiger partial charge < -0.3 is 15.0 Å². The molecule has 1 aliphatic heterocycles. The van der Waals surface area contributed by atoms with Gasteiger partial charge >= 0.3 is 0 Å². The molecule has 0 aromatic carbocycles. The van der Waals surface area contributed by atoms with E-state index in [2.05, 4.69) is 29.0 Å². The van der Waals surface area contributed by atoms with Gasteiger partial charge in [0.1, 0.15) is 11.9 Å². The van der Waals surface area contributed by atoms with Crippen LogP contribution < -0.4 is 10.2 Å². The number of ether oxygens (including phenoxy) is 1. The summed E-state index contributed by atoms with van der Waals surface area (Å²) in [5.74, 6) is 0.856. The fourth-order valence-corrected chi connectivity index (χ4v) is 2.20. The Morgan fingerprint density at radius 2 is 2.26 bits per heavy atom. The van der Waals surface area contributed by atoms with Gasteiger partial charge in [-0.1, -0.05) is 0 Å². The second-order valence-electron chi connectivity index (χ2n) is 4.57. The molecule has 104 valence electrons. The molecule has 1 aromatic heterocycles. The van der Waals surface area contributed by atoms with Gasteiger partial charge in [0.15, 0.2) is 0 Å². The van der Waals surface area contributed by atoms with E-state index in [0.29, 0.717) is 6.61 Å². The third-order valence-corrected chi connectivity index (χ3v) is 3.32. The molecular weight excluding hydrogens is 242 g/mol. The second kappa shape index (κ2) is 6.52. The van der Waals surface area contributed by atoms with Crippen LogP contribution in [0.3, 0.4) is 0 Å². The first-order chi connectivity index (χ1) is 9.24. The first-order valence-corrected chi connectivity index (χ1v) is 6.88. The summed E-state index contributed by atoms with van der Waals surface area (Å²) in [5.41, 5.74) is 0.719. The zero-order chi connectivity index (χ0) is 13.7. The van der Waals surface area contributed by atoms with Crippen molar-refractivity contribution in [2.45, 2.75) is 32.8 Å². The quantitative estimate of drug-likeness (QED) is 0.883. The predicted octanol–water partition coefficient (Wildman–Crippen LogP) is 2.05. The molecule has 0 bridgehead atoms. The van der Waals surface area contributed by atoms with Gasteiger partial charge in [-0.15, -0.1) is 0 Å². The number of hydrogen-bond acceptors (Lipinski definition) is 4. The highest BCUT2D eigenvalue weighted by atomic mass is 16.5. The van der Waals surface area contributed by atoms with Crippen molar-refractivity contribution in [3.8, 4) is 0 Å². The van der Waals surface area contributed by atoms with E-state index in [1.54, 1.807) is 6.20 Å². The molecule has 2 heterocycles. The minimum absolute atomic E-state index is 0.0742. The number of amides is 1. The Balaban J connectivity index is 1.96. The second-order valence-corrected chi connectivity index (χ2v) is 4.57. The van der Waals surface area contributed by atoms with Crippen molar-refractivity contribution >= 4 is 17.4 Å². The molecule has 1 amide bonds. The number of nitrogens with one attached hydrogen (secondary N) is 1. The van der Waals surface area contributed by atoms with Crippen molar-refractivity contribution in [2.24, 2.45) is 0 Å². The maximum absolute atomic E-state index is 11.9. The molecule has 1 aromatic rings. The Kier molecular flexibility index (Phi) is 4.74. The highest BCUT2D eigenvalue weighted by Crippen LogP contribution is 2.17. The van der Waals surface area contributed by atoms with Crippen LogP contribution in [-0.2, 0) is 9.53 Å². The molecule has 1 atom stereocenters. The van der Waals surface area contributed by atoms with E-state index < -0.39 is 0 Å². The lowest BCUT2D eigenvalue weighted by Crippen LogP contribution is -2.27. The van der Waals surface area contributed by atoms with Gasteiger partial charge in [-0.2, -0.15) is 0 Å². The maximum Gasteiger partial charge on any atom is 0.253 e. The van der Waals surface area contributed by atoms with Gasteiger partial charge in [0.05, 0.1) is 11.9 Å². The molecule has 0 aliphatic carbocycles. The Hall–Kier alpha value is -1.62. The zero-order valence-corrected chi connectivity index (χ0v) is 11.6. The number of anilines is 2. The van der Waals surface area contributed by atoms with Gasteiger partial charge in [-0.25, -0.2) is 4.98 Å². The number of hydrogen-bond donors (Lipinski definition) is 1. The van der Waals surface area contributed by atoms with Crippen LogP contribution in [0, 0.1) is 0 Å². The summed E-state index contributed by atoms with van der Waals surface area (Å²) in [5, 5.41) is 2.84.